The molecule has 1 saturated carbocycles. The number of oxime groups is 1. The lowest BCUT2D eigenvalue weighted by Crippen LogP contribution is -2.47. The van der Waals surface area contributed by atoms with Gasteiger partial charge in [-0.1, -0.05) is 19.0 Å². The maximum Gasteiger partial charge on any atom is 0.156 e. The zero-order chi connectivity index (χ0) is 12.3. The highest BCUT2D eigenvalue weighted by atomic mass is 16.4. The van der Waals surface area contributed by atoms with Crippen LogP contribution in [0, 0.1) is 5.41 Å². The third kappa shape index (κ3) is 3.11. The van der Waals surface area contributed by atoms with Crippen molar-refractivity contribution in [3.63, 3.8) is 0 Å². The van der Waals surface area contributed by atoms with Gasteiger partial charge in [0.05, 0.1) is 6.04 Å². The summed E-state index contributed by atoms with van der Waals surface area (Å²) >= 11 is 0. The third-order valence-electron chi connectivity index (χ3n) is 4.04. The Bertz CT molecular complexity index is 253. The summed E-state index contributed by atoms with van der Waals surface area (Å²) in [6.45, 7) is 6.64. The van der Waals surface area contributed by atoms with Crippen LogP contribution in [0.15, 0.2) is 5.16 Å². The molecule has 1 rings (SSSR count). The lowest BCUT2D eigenvalue weighted by atomic mass is 9.75. The molecule has 3 N–H and O–H groups in total. The highest BCUT2D eigenvalue weighted by molar-refractivity contribution is 5.84. The molecule has 1 unspecified atom stereocenters. The summed E-state index contributed by atoms with van der Waals surface area (Å²) in [6.07, 6.45) is 4.91. The van der Waals surface area contributed by atoms with E-state index < -0.39 is 0 Å². The molecular formula is C12H25N3O. The van der Waals surface area contributed by atoms with E-state index in [1.165, 1.54) is 25.7 Å². The van der Waals surface area contributed by atoms with Crippen LogP contribution in [0.2, 0.25) is 0 Å². The van der Waals surface area contributed by atoms with E-state index in [1.54, 1.807) is 0 Å². The standard InChI is InChI=1S/C12H25N3O/c1-9(11(13)14-16)15(4)10-5-7-12(2,3)8-6-10/h9-10,16H,5-8H2,1-4H3,(H2,13,14). The Balaban J connectivity index is 2.53. The van der Waals surface area contributed by atoms with Crippen molar-refractivity contribution in [1.82, 2.24) is 4.90 Å². The first-order valence-electron chi connectivity index (χ1n) is 6.07. The molecule has 4 heteroatoms. The molecule has 0 aromatic heterocycles. The normalized spacial score (nSPS) is 24.7. The first-order chi connectivity index (χ1) is 7.37. The van der Waals surface area contributed by atoms with Gasteiger partial charge in [0.1, 0.15) is 0 Å². The van der Waals surface area contributed by atoms with Gasteiger partial charge in [-0.25, -0.2) is 0 Å². The fraction of sp³-hybridized carbons (Fsp3) is 0.917. The van der Waals surface area contributed by atoms with Crippen LogP contribution < -0.4 is 5.73 Å². The van der Waals surface area contributed by atoms with Gasteiger partial charge in [0, 0.05) is 6.04 Å². The average Bonchev–Trinajstić information content (AvgIpc) is 2.26. The van der Waals surface area contributed by atoms with E-state index >= 15 is 0 Å². The van der Waals surface area contributed by atoms with Gasteiger partial charge in [-0.15, -0.1) is 0 Å². The van der Waals surface area contributed by atoms with Crippen molar-refractivity contribution >= 4 is 5.84 Å². The Kier molecular flexibility index (Phi) is 4.19. The smallest absolute Gasteiger partial charge is 0.156 e. The second-order valence-corrected chi connectivity index (χ2v) is 5.76. The average molecular weight is 227 g/mol. The van der Waals surface area contributed by atoms with Crippen molar-refractivity contribution in [3.05, 3.63) is 0 Å². The van der Waals surface area contributed by atoms with Crippen molar-refractivity contribution in [2.75, 3.05) is 7.05 Å². The summed E-state index contributed by atoms with van der Waals surface area (Å²) in [4.78, 5) is 2.23. The van der Waals surface area contributed by atoms with E-state index in [-0.39, 0.29) is 6.04 Å². The lowest BCUT2D eigenvalue weighted by Gasteiger charge is -2.40. The van der Waals surface area contributed by atoms with Crippen molar-refractivity contribution in [3.8, 4) is 0 Å². The second kappa shape index (κ2) is 5.04. The number of nitrogens with zero attached hydrogens (tertiary/aromatic N) is 2. The Morgan fingerprint density at radius 3 is 2.38 bits per heavy atom. The molecule has 0 aliphatic heterocycles. The summed E-state index contributed by atoms with van der Waals surface area (Å²) in [6, 6.07) is 0.569. The molecule has 1 aliphatic rings. The van der Waals surface area contributed by atoms with Gasteiger partial charge in [-0.3, -0.25) is 4.90 Å². The SMILES string of the molecule is CC(C(N)=NO)N(C)C1CCC(C)(C)CC1. The summed E-state index contributed by atoms with van der Waals surface area (Å²) in [5.74, 6) is 0.298. The number of likely N-dealkylation sites (N-methyl/N-ethyl adjacent to an activating group) is 1. The monoisotopic (exact) mass is 227 g/mol. The Labute approximate surface area is 98.5 Å². The fourth-order valence-corrected chi connectivity index (χ4v) is 2.40. The van der Waals surface area contributed by atoms with Crippen LogP contribution in [0.1, 0.15) is 46.5 Å². The van der Waals surface area contributed by atoms with E-state index in [9.17, 15) is 0 Å². The molecule has 0 aromatic rings. The molecule has 0 spiro atoms. The summed E-state index contributed by atoms with van der Waals surface area (Å²) in [5, 5.41) is 11.8. The molecule has 1 aliphatic carbocycles. The second-order valence-electron chi connectivity index (χ2n) is 5.76. The number of hydrogen-bond donors (Lipinski definition) is 2. The predicted octanol–water partition coefficient (Wildman–Crippen LogP) is 2.02. The minimum Gasteiger partial charge on any atom is -0.409 e. The van der Waals surface area contributed by atoms with Crippen LogP contribution in [0.4, 0.5) is 0 Å². The van der Waals surface area contributed by atoms with Crippen LogP contribution in [0.25, 0.3) is 0 Å². The van der Waals surface area contributed by atoms with E-state index in [4.69, 9.17) is 10.9 Å². The molecule has 94 valence electrons. The topological polar surface area (TPSA) is 61.9 Å². The number of amidine groups is 1. The first kappa shape index (κ1) is 13.3. The van der Waals surface area contributed by atoms with Crippen molar-refractivity contribution in [1.29, 1.82) is 0 Å². The zero-order valence-corrected chi connectivity index (χ0v) is 10.9. The molecule has 1 atom stereocenters. The highest BCUT2D eigenvalue weighted by Gasteiger charge is 2.31. The molecular weight excluding hydrogens is 202 g/mol. The van der Waals surface area contributed by atoms with Crippen LogP contribution >= 0.6 is 0 Å². The van der Waals surface area contributed by atoms with Gasteiger partial charge in [0.15, 0.2) is 5.84 Å². The Hall–Kier alpha value is -0.770. The molecule has 0 aromatic carbocycles. The van der Waals surface area contributed by atoms with Crippen LogP contribution in [0.3, 0.4) is 0 Å². The molecule has 1 fully saturated rings. The maximum absolute atomic E-state index is 8.67. The minimum atomic E-state index is 0.0104. The van der Waals surface area contributed by atoms with Gasteiger partial charge in [-0.05, 0) is 45.1 Å². The molecule has 4 nitrogen and oxygen atoms in total. The summed E-state index contributed by atoms with van der Waals surface area (Å²) in [7, 11) is 2.06. The van der Waals surface area contributed by atoms with Gasteiger partial charge in [-0.2, -0.15) is 0 Å². The zero-order valence-electron chi connectivity index (χ0n) is 10.9. The van der Waals surface area contributed by atoms with Crippen molar-refractivity contribution in [2.45, 2.75) is 58.5 Å². The van der Waals surface area contributed by atoms with Crippen LogP contribution in [-0.2, 0) is 0 Å². The number of hydrogen-bond acceptors (Lipinski definition) is 3. The van der Waals surface area contributed by atoms with E-state index in [0.717, 1.165) is 0 Å². The first-order valence-corrected chi connectivity index (χ1v) is 6.07. The van der Waals surface area contributed by atoms with Crippen LogP contribution in [-0.4, -0.2) is 35.1 Å². The molecule has 0 bridgehead atoms. The quantitative estimate of drug-likeness (QED) is 0.335. The van der Waals surface area contributed by atoms with Gasteiger partial charge in [0.25, 0.3) is 0 Å². The summed E-state index contributed by atoms with van der Waals surface area (Å²) in [5.41, 5.74) is 6.12. The van der Waals surface area contributed by atoms with Gasteiger partial charge in [0.2, 0.25) is 0 Å². The highest BCUT2D eigenvalue weighted by Crippen LogP contribution is 2.36. The van der Waals surface area contributed by atoms with Gasteiger partial charge < -0.3 is 10.9 Å². The number of rotatable bonds is 3. The van der Waals surface area contributed by atoms with E-state index in [2.05, 4.69) is 31.0 Å². The lowest BCUT2D eigenvalue weighted by molar-refractivity contribution is 0.117. The Morgan fingerprint density at radius 1 is 1.44 bits per heavy atom. The number of nitrogens with two attached hydrogens (primary N) is 1. The molecule has 0 heterocycles. The fourth-order valence-electron chi connectivity index (χ4n) is 2.40. The molecule has 16 heavy (non-hydrogen) atoms. The molecule has 0 amide bonds. The Morgan fingerprint density at radius 2 is 1.94 bits per heavy atom. The van der Waals surface area contributed by atoms with Crippen molar-refractivity contribution < 1.29 is 5.21 Å². The largest absolute Gasteiger partial charge is 0.409 e. The molecule has 0 saturated heterocycles. The summed E-state index contributed by atoms with van der Waals surface area (Å²) < 4.78 is 0. The van der Waals surface area contributed by atoms with Gasteiger partial charge >= 0.3 is 0 Å². The third-order valence-corrected chi connectivity index (χ3v) is 4.04. The molecule has 0 radical (unpaired) electrons. The minimum absolute atomic E-state index is 0.0104. The maximum atomic E-state index is 8.67. The van der Waals surface area contributed by atoms with E-state index in [0.29, 0.717) is 17.3 Å². The van der Waals surface area contributed by atoms with Crippen LogP contribution in [0.5, 0.6) is 0 Å². The van der Waals surface area contributed by atoms with E-state index in [1.807, 2.05) is 6.92 Å². The van der Waals surface area contributed by atoms with Crippen molar-refractivity contribution in [2.24, 2.45) is 16.3 Å². The predicted molar refractivity (Wildman–Crippen MR) is 66.7 cm³/mol.